The number of nitrogens with one attached hydrogen (secondary N) is 2. The summed E-state index contributed by atoms with van der Waals surface area (Å²) in [4.78, 5) is 25.1. The second-order valence-electron chi connectivity index (χ2n) is 6.95. The Morgan fingerprint density at radius 3 is 2.50 bits per heavy atom. The smallest absolute Gasteiger partial charge is 0.276 e. The maximum atomic E-state index is 13.0. The minimum atomic E-state index is -0.291. The van der Waals surface area contributed by atoms with Gasteiger partial charge in [-0.05, 0) is 50.5 Å². The molecule has 2 N–H and O–H groups in total. The number of aromatic nitrogens is 2. The molecule has 1 aromatic heterocycles. The van der Waals surface area contributed by atoms with Crippen LogP contribution in [0.1, 0.15) is 44.1 Å². The lowest BCUT2D eigenvalue weighted by molar-refractivity contribution is 0.0964. The average molecular weight is 374 g/mol. The molecule has 28 heavy (non-hydrogen) atoms. The lowest BCUT2D eigenvalue weighted by Gasteiger charge is -2.09. The van der Waals surface area contributed by atoms with Crippen LogP contribution in [-0.4, -0.2) is 28.6 Å². The fourth-order valence-electron chi connectivity index (χ4n) is 3.63. The number of fused-ring (bicyclic) bond motifs is 1. The molecular formula is C22H22N4O2. The first-order chi connectivity index (χ1) is 13.6. The highest BCUT2D eigenvalue weighted by Crippen LogP contribution is 2.28. The van der Waals surface area contributed by atoms with Crippen molar-refractivity contribution < 1.29 is 9.59 Å². The summed E-state index contributed by atoms with van der Waals surface area (Å²) in [6, 6.07) is 15.1. The fourth-order valence-corrected chi connectivity index (χ4v) is 3.63. The van der Waals surface area contributed by atoms with Gasteiger partial charge in [0.2, 0.25) is 0 Å². The van der Waals surface area contributed by atoms with E-state index in [4.69, 9.17) is 0 Å². The van der Waals surface area contributed by atoms with Gasteiger partial charge in [0, 0.05) is 18.3 Å². The Morgan fingerprint density at radius 1 is 1.00 bits per heavy atom. The van der Waals surface area contributed by atoms with Gasteiger partial charge in [0.25, 0.3) is 11.8 Å². The zero-order chi connectivity index (χ0) is 19.7. The minimum absolute atomic E-state index is 0.244. The molecule has 0 saturated carbocycles. The van der Waals surface area contributed by atoms with E-state index in [9.17, 15) is 9.59 Å². The van der Waals surface area contributed by atoms with E-state index in [0.717, 1.165) is 36.2 Å². The molecule has 2 aromatic carbocycles. The van der Waals surface area contributed by atoms with Gasteiger partial charge in [0.15, 0.2) is 5.69 Å². The molecule has 0 aliphatic heterocycles. The van der Waals surface area contributed by atoms with Crippen molar-refractivity contribution in [1.82, 2.24) is 15.1 Å². The van der Waals surface area contributed by atoms with Crippen LogP contribution in [0.15, 0.2) is 48.5 Å². The number of para-hydroxylation sites is 1. The Hall–Kier alpha value is -3.41. The van der Waals surface area contributed by atoms with Crippen LogP contribution in [0, 0.1) is 6.92 Å². The monoisotopic (exact) mass is 374 g/mol. The van der Waals surface area contributed by atoms with E-state index in [-0.39, 0.29) is 11.8 Å². The Bertz CT molecular complexity index is 1050. The molecule has 1 aliphatic rings. The Labute approximate surface area is 163 Å². The van der Waals surface area contributed by atoms with Crippen molar-refractivity contribution in [2.75, 3.05) is 12.4 Å². The van der Waals surface area contributed by atoms with Crippen LogP contribution in [0.4, 0.5) is 5.69 Å². The predicted octanol–water partition coefficient (Wildman–Crippen LogP) is 3.28. The lowest BCUT2D eigenvalue weighted by atomic mass is 10.1. The van der Waals surface area contributed by atoms with Crippen LogP contribution < -0.4 is 10.6 Å². The molecule has 3 aromatic rings. The minimum Gasteiger partial charge on any atom is -0.355 e. The molecule has 6 nitrogen and oxygen atoms in total. The Morgan fingerprint density at radius 2 is 1.75 bits per heavy atom. The maximum absolute atomic E-state index is 13.0. The zero-order valence-electron chi connectivity index (χ0n) is 16.0. The number of hydrogen-bond donors (Lipinski definition) is 2. The Balaban J connectivity index is 1.69. The molecular weight excluding hydrogens is 352 g/mol. The van der Waals surface area contributed by atoms with Crippen molar-refractivity contribution in [3.8, 4) is 5.69 Å². The van der Waals surface area contributed by atoms with E-state index in [1.54, 1.807) is 31.3 Å². The van der Waals surface area contributed by atoms with Gasteiger partial charge in [-0.25, -0.2) is 4.68 Å². The van der Waals surface area contributed by atoms with Crippen molar-refractivity contribution >= 4 is 17.5 Å². The highest BCUT2D eigenvalue weighted by atomic mass is 16.2. The largest absolute Gasteiger partial charge is 0.355 e. The van der Waals surface area contributed by atoms with Gasteiger partial charge in [-0.2, -0.15) is 5.10 Å². The molecule has 0 bridgehead atoms. The first kappa shape index (κ1) is 18.0. The van der Waals surface area contributed by atoms with Gasteiger partial charge in [0.05, 0.1) is 16.9 Å². The lowest BCUT2D eigenvalue weighted by Crippen LogP contribution is -2.22. The highest BCUT2D eigenvalue weighted by molar-refractivity contribution is 6.08. The number of hydrogen-bond acceptors (Lipinski definition) is 3. The van der Waals surface area contributed by atoms with Gasteiger partial charge in [0.1, 0.15) is 0 Å². The zero-order valence-corrected chi connectivity index (χ0v) is 16.0. The number of carbonyl (C=O) groups is 2. The maximum Gasteiger partial charge on any atom is 0.276 e. The summed E-state index contributed by atoms with van der Waals surface area (Å²) in [6.45, 7) is 2.04. The molecule has 0 unspecified atom stereocenters. The van der Waals surface area contributed by atoms with Crippen molar-refractivity contribution in [1.29, 1.82) is 0 Å². The molecule has 0 fully saturated rings. The van der Waals surface area contributed by atoms with Crippen molar-refractivity contribution in [2.24, 2.45) is 0 Å². The average Bonchev–Trinajstić information content (AvgIpc) is 3.31. The third-order valence-corrected chi connectivity index (χ3v) is 5.07. The van der Waals surface area contributed by atoms with E-state index in [0.29, 0.717) is 16.9 Å². The quantitative estimate of drug-likeness (QED) is 0.736. The molecule has 0 saturated heterocycles. The second-order valence-corrected chi connectivity index (χ2v) is 6.95. The number of amides is 2. The molecule has 0 spiro atoms. The molecule has 2 amide bonds. The molecule has 142 valence electrons. The first-order valence-corrected chi connectivity index (χ1v) is 9.38. The number of anilines is 1. The molecule has 4 rings (SSSR count). The molecule has 6 heteroatoms. The number of benzene rings is 2. The van der Waals surface area contributed by atoms with Gasteiger partial charge in [-0.15, -0.1) is 0 Å². The summed E-state index contributed by atoms with van der Waals surface area (Å²) >= 11 is 0. The van der Waals surface area contributed by atoms with Gasteiger partial charge >= 0.3 is 0 Å². The van der Waals surface area contributed by atoms with Crippen LogP contribution in [0.25, 0.3) is 5.69 Å². The number of rotatable bonds is 4. The third kappa shape index (κ3) is 3.17. The summed E-state index contributed by atoms with van der Waals surface area (Å²) in [5.41, 5.74) is 5.55. The molecule has 0 atom stereocenters. The summed E-state index contributed by atoms with van der Waals surface area (Å²) in [5, 5.41) is 10.1. The van der Waals surface area contributed by atoms with Gasteiger partial charge < -0.3 is 10.6 Å². The van der Waals surface area contributed by atoms with Crippen molar-refractivity contribution in [3.05, 3.63) is 76.6 Å². The topological polar surface area (TPSA) is 76.0 Å². The van der Waals surface area contributed by atoms with E-state index in [1.165, 1.54) is 5.56 Å². The molecule has 0 radical (unpaired) electrons. The van der Waals surface area contributed by atoms with Crippen LogP contribution >= 0.6 is 0 Å². The summed E-state index contributed by atoms with van der Waals surface area (Å²) in [7, 11) is 1.57. The van der Waals surface area contributed by atoms with Crippen LogP contribution in [0.2, 0.25) is 0 Å². The molecule has 1 heterocycles. The third-order valence-electron chi connectivity index (χ3n) is 5.07. The number of carbonyl (C=O) groups excluding carboxylic acids is 2. The first-order valence-electron chi connectivity index (χ1n) is 9.38. The van der Waals surface area contributed by atoms with Gasteiger partial charge in [-0.1, -0.05) is 29.8 Å². The number of nitrogens with zero attached hydrogens (tertiary/aromatic N) is 2. The van der Waals surface area contributed by atoms with Crippen LogP contribution in [-0.2, 0) is 12.8 Å². The van der Waals surface area contributed by atoms with Gasteiger partial charge in [-0.3, -0.25) is 9.59 Å². The standard InChI is InChI=1S/C22H22N4O2/c1-14-10-12-15(13-11-14)26-19-9-5-7-17(19)20(25-26)22(28)24-18-8-4-3-6-16(18)21(27)23-2/h3-4,6,8,10-13H,5,7,9H2,1-2H3,(H,23,27)(H,24,28). The normalized spacial score (nSPS) is 12.5. The molecule has 1 aliphatic carbocycles. The SMILES string of the molecule is CNC(=O)c1ccccc1NC(=O)c1nn(-c2ccc(C)cc2)c2c1CCC2. The predicted molar refractivity (Wildman–Crippen MR) is 108 cm³/mol. The van der Waals surface area contributed by atoms with E-state index in [2.05, 4.69) is 15.7 Å². The van der Waals surface area contributed by atoms with Crippen LogP contribution in [0.3, 0.4) is 0 Å². The second kappa shape index (κ2) is 7.31. The van der Waals surface area contributed by atoms with Crippen LogP contribution in [0.5, 0.6) is 0 Å². The van der Waals surface area contributed by atoms with E-state index >= 15 is 0 Å². The van der Waals surface area contributed by atoms with E-state index in [1.807, 2.05) is 35.9 Å². The van der Waals surface area contributed by atoms with Crippen molar-refractivity contribution in [3.63, 3.8) is 0 Å². The Kier molecular flexibility index (Phi) is 4.69. The highest BCUT2D eigenvalue weighted by Gasteiger charge is 2.27. The van der Waals surface area contributed by atoms with E-state index < -0.39 is 0 Å². The summed E-state index contributed by atoms with van der Waals surface area (Å²) in [5.74, 6) is -0.535. The van der Waals surface area contributed by atoms with Crippen molar-refractivity contribution in [2.45, 2.75) is 26.2 Å². The number of aryl methyl sites for hydroxylation is 1. The summed E-state index contributed by atoms with van der Waals surface area (Å²) in [6.07, 6.45) is 2.74. The summed E-state index contributed by atoms with van der Waals surface area (Å²) < 4.78 is 1.88. The fraction of sp³-hybridized carbons (Fsp3) is 0.227.